The van der Waals surface area contributed by atoms with Gasteiger partial charge in [0.1, 0.15) is 5.75 Å². The first-order chi connectivity index (χ1) is 10.1. The van der Waals surface area contributed by atoms with E-state index >= 15 is 0 Å². The summed E-state index contributed by atoms with van der Waals surface area (Å²) in [5.41, 5.74) is -0.0234. The topological polar surface area (TPSA) is 70.6 Å². The van der Waals surface area contributed by atoms with Crippen molar-refractivity contribution >= 4 is 11.7 Å². The van der Waals surface area contributed by atoms with E-state index in [1.54, 1.807) is 6.07 Å². The number of rotatable bonds is 7. The highest BCUT2D eigenvalue weighted by Gasteiger charge is 2.34. The lowest BCUT2D eigenvalue weighted by Crippen LogP contribution is -2.48. The number of carbonyl (C=O) groups is 1. The Bertz CT molecular complexity index is 472. The maximum absolute atomic E-state index is 11.8. The number of unbranched alkanes of at least 4 members (excludes halogenated alkanes) is 1. The Hall–Kier alpha value is -1.75. The van der Waals surface area contributed by atoms with Gasteiger partial charge in [-0.25, -0.2) is 4.79 Å². The van der Waals surface area contributed by atoms with Crippen LogP contribution >= 0.6 is 0 Å². The van der Waals surface area contributed by atoms with E-state index in [-0.39, 0.29) is 6.03 Å². The summed E-state index contributed by atoms with van der Waals surface area (Å²) in [4.78, 5) is 11.8. The fraction of sp³-hybridized carbons (Fsp3) is 0.562. The first kappa shape index (κ1) is 15.6. The van der Waals surface area contributed by atoms with Gasteiger partial charge in [0.15, 0.2) is 0 Å². The number of benzene rings is 1. The zero-order valence-corrected chi connectivity index (χ0v) is 12.5. The summed E-state index contributed by atoms with van der Waals surface area (Å²) < 4.78 is 5.60. The van der Waals surface area contributed by atoms with E-state index < -0.39 is 5.60 Å². The predicted octanol–water partition coefficient (Wildman–Crippen LogP) is 2.90. The van der Waals surface area contributed by atoms with Crippen LogP contribution in [0.15, 0.2) is 24.3 Å². The first-order valence-corrected chi connectivity index (χ1v) is 7.61. The Kier molecular flexibility index (Phi) is 5.44. The zero-order valence-electron chi connectivity index (χ0n) is 12.5. The molecule has 1 aromatic carbocycles. The summed E-state index contributed by atoms with van der Waals surface area (Å²) >= 11 is 0. The highest BCUT2D eigenvalue weighted by Crippen LogP contribution is 2.30. The van der Waals surface area contributed by atoms with Gasteiger partial charge in [-0.1, -0.05) is 19.4 Å². The smallest absolute Gasteiger partial charge is 0.319 e. The van der Waals surface area contributed by atoms with Gasteiger partial charge in [-0.15, -0.1) is 0 Å². The third-order valence-electron chi connectivity index (χ3n) is 3.72. The van der Waals surface area contributed by atoms with Crippen LogP contribution in [0.4, 0.5) is 10.5 Å². The van der Waals surface area contributed by atoms with Crippen LogP contribution in [-0.2, 0) is 0 Å². The summed E-state index contributed by atoms with van der Waals surface area (Å²) in [6.07, 6.45) is 4.64. The average Bonchev–Trinajstić information content (AvgIpc) is 2.44. The fourth-order valence-corrected chi connectivity index (χ4v) is 2.18. The summed E-state index contributed by atoms with van der Waals surface area (Å²) in [7, 11) is 0. The van der Waals surface area contributed by atoms with Gasteiger partial charge in [-0.3, -0.25) is 0 Å². The summed E-state index contributed by atoms with van der Waals surface area (Å²) in [5, 5.41) is 15.4. The van der Waals surface area contributed by atoms with Crippen LogP contribution < -0.4 is 15.4 Å². The number of urea groups is 1. The molecule has 1 fully saturated rings. The number of hydrogen-bond acceptors (Lipinski definition) is 3. The van der Waals surface area contributed by atoms with Gasteiger partial charge in [0, 0.05) is 18.3 Å². The molecule has 0 spiro atoms. The molecule has 5 nitrogen and oxygen atoms in total. The largest absolute Gasteiger partial charge is 0.494 e. The molecule has 0 unspecified atom stereocenters. The van der Waals surface area contributed by atoms with Gasteiger partial charge in [0.05, 0.1) is 12.2 Å². The molecule has 2 amide bonds. The van der Waals surface area contributed by atoms with Crippen molar-refractivity contribution in [3.8, 4) is 5.75 Å². The van der Waals surface area contributed by atoms with Crippen molar-refractivity contribution in [2.75, 3.05) is 18.5 Å². The minimum Gasteiger partial charge on any atom is -0.494 e. The molecule has 0 atom stereocenters. The van der Waals surface area contributed by atoms with Crippen molar-refractivity contribution in [2.24, 2.45) is 0 Å². The van der Waals surface area contributed by atoms with E-state index in [0.29, 0.717) is 18.8 Å². The SMILES string of the molecule is CCCCOc1cccc(NC(=O)NCC2(O)CCC2)c1. The molecule has 5 heteroatoms. The number of amides is 2. The summed E-state index contributed by atoms with van der Waals surface area (Å²) in [6, 6.07) is 7.02. The molecule has 1 aromatic rings. The van der Waals surface area contributed by atoms with Gasteiger partial charge in [-0.2, -0.15) is 0 Å². The van der Waals surface area contributed by atoms with Crippen LogP contribution in [0.1, 0.15) is 39.0 Å². The molecule has 116 valence electrons. The highest BCUT2D eigenvalue weighted by atomic mass is 16.5. The molecule has 0 bridgehead atoms. The Labute approximate surface area is 125 Å². The Morgan fingerprint density at radius 3 is 2.90 bits per heavy atom. The first-order valence-electron chi connectivity index (χ1n) is 7.61. The second-order valence-electron chi connectivity index (χ2n) is 5.62. The number of carbonyl (C=O) groups excluding carboxylic acids is 1. The molecule has 21 heavy (non-hydrogen) atoms. The summed E-state index contributed by atoms with van der Waals surface area (Å²) in [6.45, 7) is 3.09. The normalized spacial score (nSPS) is 15.9. The van der Waals surface area contributed by atoms with Crippen molar-refractivity contribution in [1.29, 1.82) is 0 Å². The molecule has 0 radical (unpaired) electrons. The van der Waals surface area contributed by atoms with Gasteiger partial charge in [-0.05, 0) is 37.8 Å². The van der Waals surface area contributed by atoms with E-state index in [1.165, 1.54) is 0 Å². The lowest BCUT2D eigenvalue weighted by atomic mass is 9.80. The third kappa shape index (κ3) is 4.93. The molecular formula is C16H24N2O3. The molecule has 1 aliphatic carbocycles. The van der Waals surface area contributed by atoms with Crippen LogP contribution in [0.2, 0.25) is 0 Å². The average molecular weight is 292 g/mol. The van der Waals surface area contributed by atoms with Crippen LogP contribution in [0.25, 0.3) is 0 Å². The second-order valence-corrected chi connectivity index (χ2v) is 5.62. The Balaban J connectivity index is 1.78. The van der Waals surface area contributed by atoms with Crippen molar-refractivity contribution < 1.29 is 14.6 Å². The lowest BCUT2D eigenvalue weighted by molar-refractivity contribution is -0.0287. The van der Waals surface area contributed by atoms with Gasteiger partial charge in [0.25, 0.3) is 0 Å². The van der Waals surface area contributed by atoms with Crippen molar-refractivity contribution in [2.45, 2.75) is 44.6 Å². The number of nitrogens with one attached hydrogen (secondary N) is 2. The van der Waals surface area contributed by atoms with Gasteiger partial charge < -0.3 is 20.5 Å². The number of hydrogen-bond donors (Lipinski definition) is 3. The van der Waals surface area contributed by atoms with E-state index in [9.17, 15) is 9.90 Å². The molecule has 3 N–H and O–H groups in total. The Morgan fingerprint density at radius 1 is 1.43 bits per heavy atom. The summed E-state index contributed by atoms with van der Waals surface area (Å²) in [5.74, 6) is 0.749. The van der Waals surface area contributed by atoms with Crippen molar-refractivity contribution in [3.05, 3.63) is 24.3 Å². The third-order valence-corrected chi connectivity index (χ3v) is 3.72. The predicted molar refractivity (Wildman–Crippen MR) is 82.7 cm³/mol. The fourth-order valence-electron chi connectivity index (χ4n) is 2.18. The van der Waals surface area contributed by atoms with Gasteiger partial charge >= 0.3 is 6.03 Å². The molecule has 0 saturated heterocycles. The zero-order chi connectivity index (χ0) is 15.1. The van der Waals surface area contributed by atoms with Crippen LogP contribution in [0, 0.1) is 0 Å². The van der Waals surface area contributed by atoms with E-state index in [4.69, 9.17) is 4.74 Å². The second kappa shape index (κ2) is 7.31. The molecule has 0 aliphatic heterocycles. The maximum Gasteiger partial charge on any atom is 0.319 e. The number of aliphatic hydroxyl groups is 1. The van der Waals surface area contributed by atoms with E-state index in [0.717, 1.165) is 37.9 Å². The molecule has 2 rings (SSSR count). The molecule has 0 aromatic heterocycles. The minimum absolute atomic E-state index is 0.297. The Morgan fingerprint density at radius 2 is 2.24 bits per heavy atom. The van der Waals surface area contributed by atoms with Crippen molar-refractivity contribution in [3.63, 3.8) is 0 Å². The van der Waals surface area contributed by atoms with Gasteiger partial charge in [0.2, 0.25) is 0 Å². The van der Waals surface area contributed by atoms with E-state index in [1.807, 2.05) is 18.2 Å². The maximum atomic E-state index is 11.8. The lowest BCUT2D eigenvalue weighted by Gasteiger charge is -2.36. The minimum atomic E-state index is -0.706. The molecule has 1 aliphatic rings. The van der Waals surface area contributed by atoms with Crippen LogP contribution in [-0.4, -0.2) is 29.9 Å². The quantitative estimate of drug-likeness (QED) is 0.677. The van der Waals surface area contributed by atoms with E-state index in [2.05, 4.69) is 17.6 Å². The van der Waals surface area contributed by atoms with Crippen LogP contribution in [0.3, 0.4) is 0 Å². The standard InChI is InChI=1S/C16H24N2O3/c1-2-3-10-21-14-7-4-6-13(11-14)18-15(19)17-12-16(20)8-5-9-16/h4,6-7,11,20H,2-3,5,8-10,12H2,1H3,(H2,17,18,19). The van der Waals surface area contributed by atoms with Crippen molar-refractivity contribution in [1.82, 2.24) is 5.32 Å². The number of anilines is 1. The monoisotopic (exact) mass is 292 g/mol. The molecule has 1 saturated carbocycles. The molecular weight excluding hydrogens is 268 g/mol. The highest BCUT2D eigenvalue weighted by molar-refractivity contribution is 5.89. The van der Waals surface area contributed by atoms with Crippen LogP contribution in [0.5, 0.6) is 5.75 Å². The molecule has 0 heterocycles. The number of ether oxygens (including phenoxy) is 1.